The van der Waals surface area contributed by atoms with Gasteiger partial charge in [0.05, 0.1) is 27.2 Å². The zero-order valence-electron chi connectivity index (χ0n) is 32.3. The standard InChI is InChI=1S/C43H46ClN7O5S2/c1-48(2)20-19-35(29-57-37-9-4-3-5-10-37)46-39-17-16-38(25-42(39)51(53)54)58(55,56)47-43(52)33-13-18-41-40(24-33)45-26-36-28-49(21-22-50(36)41)27-30-7-6-8-32(23-30)31-11-14-34(44)15-12-31/h3-18,23-25,35-36,45-46H,19-22,26-29H2,1-2H3,(H,47,52)/t35-,36?/m1/s1. The number of hydrogen-bond acceptors (Lipinski definition) is 11. The Morgan fingerprint density at radius 2 is 1.76 bits per heavy atom. The molecule has 2 atom stereocenters. The minimum absolute atomic E-state index is 0.144. The van der Waals surface area contributed by atoms with Gasteiger partial charge in [-0.3, -0.25) is 19.8 Å². The summed E-state index contributed by atoms with van der Waals surface area (Å²) in [5.74, 6) is -0.192. The second-order valence-corrected chi connectivity index (χ2v) is 18.0. The zero-order chi connectivity index (χ0) is 40.8. The topological polar surface area (TPSA) is 140 Å². The molecule has 0 aliphatic carbocycles. The van der Waals surface area contributed by atoms with Crippen molar-refractivity contribution in [1.82, 2.24) is 14.5 Å². The van der Waals surface area contributed by atoms with E-state index >= 15 is 0 Å². The van der Waals surface area contributed by atoms with Crippen molar-refractivity contribution in [2.75, 3.05) is 68.1 Å². The Kier molecular flexibility index (Phi) is 12.9. The number of anilines is 3. The van der Waals surface area contributed by atoms with Crippen LogP contribution in [0.4, 0.5) is 22.7 Å². The number of nitrogens with one attached hydrogen (secondary N) is 3. The number of nitro groups is 1. The van der Waals surface area contributed by atoms with Gasteiger partial charge in [0.15, 0.2) is 0 Å². The molecule has 0 spiro atoms. The van der Waals surface area contributed by atoms with Gasteiger partial charge < -0.3 is 20.4 Å². The summed E-state index contributed by atoms with van der Waals surface area (Å²) in [6, 6.07) is 35.1. The summed E-state index contributed by atoms with van der Waals surface area (Å²) >= 11 is 7.73. The number of fused-ring (bicyclic) bond motifs is 3. The van der Waals surface area contributed by atoms with Crippen molar-refractivity contribution in [3.05, 3.63) is 142 Å². The van der Waals surface area contributed by atoms with Gasteiger partial charge in [-0.15, -0.1) is 11.8 Å². The van der Waals surface area contributed by atoms with Crippen LogP contribution in [0.2, 0.25) is 5.02 Å². The lowest BCUT2D eigenvalue weighted by Gasteiger charge is -2.46. The average Bonchev–Trinajstić information content (AvgIpc) is 3.22. The molecule has 3 N–H and O–H groups in total. The van der Waals surface area contributed by atoms with Crippen LogP contribution in [0.25, 0.3) is 11.1 Å². The SMILES string of the molecule is CN(C)CC[C@H](CSc1ccccc1)Nc1ccc(S(=O)(=O)NC(=O)c2ccc3c(c2)NCC2CN(Cc4cccc(-c5ccc(Cl)cc5)c4)CCN32)cc1[N+](=O)[O-]. The van der Waals surface area contributed by atoms with Crippen molar-refractivity contribution in [1.29, 1.82) is 0 Å². The summed E-state index contributed by atoms with van der Waals surface area (Å²) in [4.78, 5) is 32.5. The number of amides is 1. The van der Waals surface area contributed by atoms with Crippen molar-refractivity contribution in [3.8, 4) is 11.1 Å². The number of carbonyl (C=O) groups excluding carboxylic acids is 1. The second kappa shape index (κ2) is 18.2. The lowest BCUT2D eigenvalue weighted by Crippen LogP contribution is -2.57. The Bertz CT molecular complexity index is 2370. The van der Waals surface area contributed by atoms with Crippen LogP contribution in [-0.4, -0.2) is 93.7 Å². The molecular formula is C43H46ClN7O5S2. The molecule has 1 saturated heterocycles. The maximum Gasteiger partial charge on any atom is 0.293 e. The monoisotopic (exact) mass is 839 g/mol. The van der Waals surface area contributed by atoms with Crippen molar-refractivity contribution >= 4 is 62.0 Å². The second-order valence-electron chi connectivity index (χ2n) is 14.8. The molecule has 1 unspecified atom stereocenters. The van der Waals surface area contributed by atoms with Crippen LogP contribution in [0.3, 0.4) is 0 Å². The van der Waals surface area contributed by atoms with Crippen molar-refractivity contribution in [2.24, 2.45) is 0 Å². The van der Waals surface area contributed by atoms with Gasteiger partial charge in [0.1, 0.15) is 5.69 Å². The molecule has 12 nitrogen and oxygen atoms in total. The first-order chi connectivity index (χ1) is 27.9. The normalized spacial score (nSPS) is 15.9. The van der Waals surface area contributed by atoms with Gasteiger partial charge in [-0.1, -0.05) is 60.1 Å². The van der Waals surface area contributed by atoms with E-state index in [1.54, 1.807) is 23.9 Å². The van der Waals surface area contributed by atoms with Gasteiger partial charge in [-0.25, -0.2) is 13.1 Å². The molecule has 0 aromatic heterocycles. The molecule has 0 radical (unpaired) electrons. The Labute approximate surface area is 348 Å². The van der Waals surface area contributed by atoms with Crippen molar-refractivity contribution in [3.63, 3.8) is 0 Å². The number of piperazine rings is 1. The largest absolute Gasteiger partial charge is 0.381 e. The molecule has 1 amide bonds. The quantitative estimate of drug-likeness (QED) is 0.0544. The van der Waals surface area contributed by atoms with E-state index in [-0.39, 0.29) is 28.2 Å². The van der Waals surface area contributed by atoms with Crippen LogP contribution in [0.15, 0.2) is 125 Å². The van der Waals surface area contributed by atoms with Gasteiger partial charge in [-0.05, 0) is 104 Å². The van der Waals surface area contributed by atoms with Crippen LogP contribution in [0, 0.1) is 10.1 Å². The summed E-state index contributed by atoms with van der Waals surface area (Å²) in [5, 5.41) is 19.7. The number of sulfonamides is 1. The van der Waals surface area contributed by atoms with Crippen molar-refractivity contribution in [2.45, 2.75) is 34.8 Å². The number of halogens is 1. The highest BCUT2D eigenvalue weighted by atomic mass is 35.5. The van der Waals surface area contributed by atoms with E-state index in [2.05, 4.69) is 49.4 Å². The Morgan fingerprint density at radius 1 is 0.966 bits per heavy atom. The molecule has 2 heterocycles. The van der Waals surface area contributed by atoms with E-state index in [0.29, 0.717) is 23.7 Å². The number of thioether (sulfide) groups is 1. The molecule has 0 saturated carbocycles. The van der Waals surface area contributed by atoms with Crippen LogP contribution in [-0.2, 0) is 16.6 Å². The van der Waals surface area contributed by atoms with E-state index in [0.717, 1.165) is 66.2 Å². The molecule has 2 aliphatic rings. The molecule has 0 bridgehead atoms. The fourth-order valence-electron chi connectivity index (χ4n) is 7.34. The fourth-order valence-corrected chi connectivity index (χ4v) is 9.45. The molecule has 5 aromatic rings. The molecule has 7 rings (SSSR count). The number of benzene rings is 5. The van der Waals surface area contributed by atoms with Gasteiger partial charge in [0, 0.05) is 66.1 Å². The smallest absolute Gasteiger partial charge is 0.293 e. The van der Waals surface area contributed by atoms with Crippen LogP contribution in [0.5, 0.6) is 0 Å². The highest BCUT2D eigenvalue weighted by molar-refractivity contribution is 7.99. The van der Waals surface area contributed by atoms with E-state index in [1.165, 1.54) is 17.7 Å². The zero-order valence-corrected chi connectivity index (χ0v) is 34.7. The minimum atomic E-state index is -4.45. The molecule has 302 valence electrons. The van der Waals surface area contributed by atoms with Gasteiger partial charge in [-0.2, -0.15) is 0 Å². The lowest BCUT2D eigenvalue weighted by atomic mass is 10.0. The maximum absolute atomic E-state index is 13.5. The first-order valence-corrected chi connectivity index (χ1v) is 21.9. The summed E-state index contributed by atoms with van der Waals surface area (Å²) in [7, 11) is -0.533. The Hall–Kier alpha value is -5.12. The summed E-state index contributed by atoms with van der Waals surface area (Å²) in [6.07, 6.45) is 0.702. The van der Waals surface area contributed by atoms with Crippen LogP contribution >= 0.6 is 23.4 Å². The molecular weight excluding hydrogens is 794 g/mol. The summed E-state index contributed by atoms with van der Waals surface area (Å²) in [6.45, 7) is 4.72. The third-order valence-electron chi connectivity index (χ3n) is 10.4. The predicted molar refractivity (Wildman–Crippen MR) is 234 cm³/mol. The highest BCUT2D eigenvalue weighted by Gasteiger charge is 2.33. The fraction of sp³-hybridized carbons (Fsp3) is 0.279. The van der Waals surface area contributed by atoms with Gasteiger partial charge in [0.25, 0.3) is 21.6 Å². The van der Waals surface area contributed by atoms with E-state index < -0.39 is 26.5 Å². The summed E-state index contributed by atoms with van der Waals surface area (Å²) < 4.78 is 29.1. The number of nitrogens with zero attached hydrogens (tertiary/aromatic N) is 4. The summed E-state index contributed by atoms with van der Waals surface area (Å²) in [5.41, 5.74) is 5.15. The van der Waals surface area contributed by atoms with E-state index in [9.17, 15) is 23.3 Å². The number of rotatable bonds is 15. The molecule has 58 heavy (non-hydrogen) atoms. The average molecular weight is 840 g/mol. The van der Waals surface area contributed by atoms with E-state index in [4.69, 9.17) is 11.6 Å². The number of carbonyl (C=O) groups is 1. The third-order valence-corrected chi connectivity index (χ3v) is 13.1. The van der Waals surface area contributed by atoms with Gasteiger partial charge >= 0.3 is 0 Å². The van der Waals surface area contributed by atoms with Crippen molar-refractivity contribution < 1.29 is 18.1 Å². The minimum Gasteiger partial charge on any atom is -0.381 e. The highest BCUT2D eigenvalue weighted by Crippen LogP contribution is 2.35. The lowest BCUT2D eigenvalue weighted by molar-refractivity contribution is -0.384. The first kappa shape index (κ1) is 41.1. The molecule has 15 heteroatoms. The molecule has 2 aliphatic heterocycles. The Morgan fingerprint density at radius 3 is 2.52 bits per heavy atom. The predicted octanol–water partition coefficient (Wildman–Crippen LogP) is 7.67. The third kappa shape index (κ3) is 10.1. The van der Waals surface area contributed by atoms with Crippen LogP contribution in [0.1, 0.15) is 22.3 Å². The Balaban J connectivity index is 0.988. The maximum atomic E-state index is 13.5. The molecule has 5 aromatic carbocycles. The molecule has 1 fully saturated rings. The van der Waals surface area contributed by atoms with E-state index in [1.807, 2.05) is 79.7 Å². The number of hydrogen-bond donors (Lipinski definition) is 3. The first-order valence-electron chi connectivity index (χ1n) is 19.1. The van der Waals surface area contributed by atoms with Gasteiger partial charge in [0.2, 0.25) is 0 Å². The number of nitro benzene ring substituents is 1. The van der Waals surface area contributed by atoms with Crippen LogP contribution < -0.4 is 20.3 Å².